The third-order valence-corrected chi connectivity index (χ3v) is 9.45. The van der Waals surface area contributed by atoms with Gasteiger partial charge >= 0.3 is 5.97 Å². The number of carboxylic acid groups (broad SMARTS) is 1. The lowest BCUT2D eigenvalue weighted by molar-refractivity contribution is -0.143. The highest BCUT2D eigenvalue weighted by atomic mass is 16.4. The molecule has 6 amide bonds. The number of amides is 6. The first kappa shape index (κ1) is 42.1. The van der Waals surface area contributed by atoms with Crippen molar-refractivity contribution in [2.75, 3.05) is 6.54 Å². The number of primary amides is 1. The molecule has 1 aromatic carbocycles. The van der Waals surface area contributed by atoms with Crippen LogP contribution in [0.5, 0.6) is 0 Å². The average molecular weight is 740 g/mol. The molecule has 2 aromatic rings. The molecule has 7 atom stereocenters. The summed E-state index contributed by atoms with van der Waals surface area (Å²) >= 11 is 0. The summed E-state index contributed by atoms with van der Waals surface area (Å²) in [6.45, 7) is 7.51. The van der Waals surface area contributed by atoms with Gasteiger partial charge in [0.2, 0.25) is 35.4 Å². The summed E-state index contributed by atoms with van der Waals surface area (Å²) in [7, 11) is 0. The number of aromatic amines is 1. The van der Waals surface area contributed by atoms with Crippen molar-refractivity contribution in [3.05, 3.63) is 54.1 Å². The number of likely N-dealkylation sites (tertiary alicyclic amines) is 1. The van der Waals surface area contributed by atoms with Crippen LogP contribution in [0.4, 0.5) is 0 Å². The summed E-state index contributed by atoms with van der Waals surface area (Å²) < 4.78 is 0. The van der Waals surface area contributed by atoms with Crippen LogP contribution < -0.4 is 32.7 Å². The molecule has 17 nitrogen and oxygen atoms in total. The van der Waals surface area contributed by atoms with Crippen molar-refractivity contribution in [2.24, 2.45) is 23.3 Å². The summed E-state index contributed by atoms with van der Waals surface area (Å²) in [5.41, 5.74) is 12.6. The molecule has 53 heavy (non-hydrogen) atoms. The van der Waals surface area contributed by atoms with Crippen molar-refractivity contribution in [3.63, 3.8) is 0 Å². The Labute approximate surface area is 308 Å². The molecule has 1 aliphatic rings. The molecule has 0 aliphatic carbocycles. The molecule has 0 saturated carbocycles. The van der Waals surface area contributed by atoms with Crippen LogP contribution in [0.1, 0.15) is 71.1 Å². The lowest BCUT2D eigenvalue weighted by atomic mass is 9.97. The minimum Gasteiger partial charge on any atom is -0.480 e. The normalized spacial score (nSPS) is 17.5. The first-order valence-electron chi connectivity index (χ1n) is 17.9. The van der Waals surface area contributed by atoms with Crippen molar-refractivity contribution >= 4 is 41.4 Å². The van der Waals surface area contributed by atoms with Gasteiger partial charge in [-0.2, -0.15) is 0 Å². The van der Waals surface area contributed by atoms with E-state index < -0.39 is 77.7 Å². The van der Waals surface area contributed by atoms with E-state index in [4.69, 9.17) is 11.5 Å². The Morgan fingerprint density at radius 3 is 2.17 bits per heavy atom. The van der Waals surface area contributed by atoms with Gasteiger partial charge in [0.25, 0.3) is 0 Å². The number of carboxylic acids is 1. The van der Waals surface area contributed by atoms with E-state index >= 15 is 0 Å². The highest BCUT2D eigenvalue weighted by Gasteiger charge is 2.40. The summed E-state index contributed by atoms with van der Waals surface area (Å²) in [6, 6.07) is 1.91. The highest BCUT2D eigenvalue weighted by Crippen LogP contribution is 2.21. The highest BCUT2D eigenvalue weighted by molar-refractivity contribution is 5.97. The Balaban J connectivity index is 1.80. The van der Waals surface area contributed by atoms with Crippen LogP contribution in [-0.2, 0) is 46.4 Å². The number of rotatable bonds is 20. The van der Waals surface area contributed by atoms with Gasteiger partial charge in [-0.15, -0.1) is 0 Å². The minimum atomic E-state index is -1.36. The molecular formula is C36H53N9O8. The van der Waals surface area contributed by atoms with E-state index in [1.807, 2.05) is 13.8 Å². The molecule has 3 rings (SSSR count). The Morgan fingerprint density at radius 2 is 1.58 bits per heavy atom. The fraction of sp³-hybridized carbons (Fsp3) is 0.556. The van der Waals surface area contributed by atoms with E-state index in [0.717, 1.165) is 0 Å². The number of hydrogen-bond acceptors (Lipinski definition) is 9. The topological polar surface area (TPSA) is 272 Å². The number of benzene rings is 1. The van der Waals surface area contributed by atoms with Crippen LogP contribution >= 0.6 is 0 Å². The van der Waals surface area contributed by atoms with Gasteiger partial charge in [-0.05, 0) is 36.7 Å². The number of nitrogens with two attached hydrogens (primary N) is 2. The molecule has 1 aliphatic heterocycles. The zero-order chi connectivity index (χ0) is 39.2. The minimum absolute atomic E-state index is 0.0213. The lowest BCUT2D eigenvalue weighted by Gasteiger charge is -2.32. The second-order valence-corrected chi connectivity index (χ2v) is 13.8. The maximum Gasteiger partial charge on any atom is 0.326 e. The van der Waals surface area contributed by atoms with Crippen molar-refractivity contribution in [1.29, 1.82) is 0 Å². The standard InChI is InChI=1S/C36H53N9O8/c1-5-21(4)29(38)34(50)44-30(20(2)3)35(51)45-15-9-12-27(45)33(49)41-24(13-14-28(37)46)31(47)42-25(17-23-18-39-19-40-23)32(48)43-26(36(52)53)16-22-10-7-6-8-11-22/h6-8,10-11,18-21,24-27,29-30H,5,9,12-17,38H2,1-4H3,(H2,37,46)(H,39,40)(H,41,49)(H,42,47)(H,43,48)(H,44,50)(H,52,53)/t21-,24-,25-,26-,27-,29-,30-/m0/s1. The van der Waals surface area contributed by atoms with E-state index in [1.54, 1.807) is 44.2 Å². The summed E-state index contributed by atoms with van der Waals surface area (Å²) in [5, 5.41) is 20.4. The van der Waals surface area contributed by atoms with Crippen LogP contribution in [0.2, 0.25) is 0 Å². The monoisotopic (exact) mass is 739 g/mol. The van der Waals surface area contributed by atoms with Gasteiger partial charge in [0.05, 0.1) is 12.4 Å². The fourth-order valence-electron chi connectivity index (χ4n) is 6.00. The first-order valence-corrected chi connectivity index (χ1v) is 17.9. The van der Waals surface area contributed by atoms with Gasteiger partial charge < -0.3 is 47.7 Å². The fourth-order valence-corrected chi connectivity index (χ4v) is 6.00. The second-order valence-electron chi connectivity index (χ2n) is 13.8. The van der Waals surface area contributed by atoms with E-state index in [2.05, 4.69) is 31.2 Å². The van der Waals surface area contributed by atoms with E-state index in [-0.39, 0.29) is 50.5 Å². The maximum atomic E-state index is 13.8. The van der Waals surface area contributed by atoms with Crippen LogP contribution in [-0.4, -0.2) is 104 Å². The summed E-state index contributed by atoms with van der Waals surface area (Å²) in [6.07, 6.45) is 3.58. The Morgan fingerprint density at radius 1 is 0.925 bits per heavy atom. The molecule has 10 N–H and O–H groups in total. The smallest absolute Gasteiger partial charge is 0.326 e. The SMILES string of the molecule is CC[C@H](C)[C@H](N)C(=O)N[C@H](C(=O)N1CCC[C@H]1C(=O)N[C@@H](CCC(N)=O)C(=O)N[C@@H](Cc1cnc[nH]1)C(=O)N[C@@H](Cc1ccccc1)C(=O)O)C(C)C. The second kappa shape index (κ2) is 20.1. The number of nitrogens with zero attached hydrogens (tertiary/aromatic N) is 2. The van der Waals surface area contributed by atoms with Gasteiger partial charge in [0.15, 0.2) is 0 Å². The molecule has 0 spiro atoms. The molecule has 0 unspecified atom stereocenters. The third-order valence-electron chi connectivity index (χ3n) is 9.45. The Hall–Kier alpha value is -5.32. The largest absolute Gasteiger partial charge is 0.480 e. The van der Waals surface area contributed by atoms with Crippen LogP contribution in [0.15, 0.2) is 42.9 Å². The molecule has 0 bridgehead atoms. The van der Waals surface area contributed by atoms with Crippen LogP contribution in [0, 0.1) is 11.8 Å². The number of imidazole rings is 1. The van der Waals surface area contributed by atoms with Crippen LogP contribution in [0.25, 0.3) is 0 Å². The van der Waals surface area contributed by atoms with Gasteiger partial charge in [-0.1, -0.05) is 64.4 Å². The van der Waals surface area contributed by atoms with Gasteiger partial charge in [-0.25, -0.2) is 9.78 Å². The zero-order valence-electron chi connectivity index (χ0n) is 30.7. The molecule has 1 saturated heterocycles. The predicted octanol–water partition coefficient (Wildman–Crippen LogP) is -0.495. The van der Waals surface area contributed by atoms with Gasteiger partial charge in [0, 0.05) is 37.7 Å². The molecule has 1 aromatic heterocycles. The number of carbonyl (C=O) groups excluding carboxylic acids is 6. The van der Waals surface area contributed by atoms with Gasteiger partial charge in [-0.3, -0.25) is 28.8 Å². The van der Waals surface area contributed by atoms with E-state index in [1.165, 1.54) is 17.4 Å². The summed E-state index contributed by atoms with van der Waals surface area (Å²) in [4.78, 5) is 99.9. The zero-order valence-corrected chi connectivity index (χ0v) is 30.7. The number of hydrogen-bond donors (Lipinski definition) is 8. The number of H-pyrrole nitrogens is 1. The third kappa shape index (κ3) is 12.4. The van der Waals surface area contributed by atoms with Crippen molar-refractivity contribution in [3.8, 4) is 0 Å². The maximum absolute atomic E-state index is 13.8. The number of carbonyl (C=O) groups is 7. The lowest BCUT2D eigenvalue weighted by Crippen LogP contribution is -2.60. The molecule has 2 heterocycles. The predicted molar refractivity (Wildman–Crippen MR) is 193 cm³/mol. The molecule has 290 valence electrons. The van der Waals surface area contributed by atoms with E-state index in [0.29, 0.717) is 24.1 Å². The first-order chi connectivity index (χ1) is 25.1. The van der Waals surface area contributed by atoms with Crippen molar-refractivity contribution in [1.82, 2.24) is 36.1 Å². The van der Waals surface area contributed by atoms with E-state index in [9.17, 15) is 38.7 Å². The number of aromatic nitrogens is 2. The van der Waals surface area contributed by atoms with Gasteiger partial charge in [0.1, 0.15) is 30.2 Å². The number of aliphatic carboxylic acids is 1. The Kier molecular flexibility index (Phi) is 15.9. The quantitative estimate of drug-likeness (QED) is 0.0863. The molecule has 1 fully saturated rings. The average Bonchev–Trinajstić information content (AvgIpc) is 3.83. The summed E-state index contributed by atoms with van der Waals surface area (Å²) in [5.74, 6) is -5.74. The molecular weight excluding hydrogens is 686 g/mol. The van der Waals surface area contributed by atoms with Crippen molar-refractivity contribution < 1.29 is 38.7 Å². The van der Waals surface area contributed by atoms with Crippen LogP contribution in [0.3, 0.4) is 0 Å². The molecule has 17 heteroatoms. The molecule has 0 radical (unpaired) electrons. The van der Waals surface area contributed by atoms with Crippen molar-refractivity contribution in [2.45, 2.75) is 109 Å². The number of nitrogens with one attached hydrogen (secondary N) is 5. The Bertz CT molecular complexity index is 1570.